The Bertz CT molecular complexity index is 1380. The van der Waals surface area contributed by atoms with Crippen LogP contribution in [-0.4, -0.2) is 35.7 Å². The summed E-state index contributed by atoms with van der Waals surface area (Å²) in [5, 5.41) is 4.56. The van der Waals surface area contributed by atoms with Crippen molar-refractivity contribution in [3.63, 3.8) is 0 Å². The van der Waals surface area contributed by atoms with Crippen LogP contribution in [0.1, 0.15) is 36.1 Å². The first-order valence-corrected chi connectivity index (χ1v) is 12.7. The Morgan fingerprint density at radius 3 is 2.72 bits per heavy atom. The number of nitrogens with zero attached hydrogens (tertiary/aromatic N) is 2. The van der Waals surface area contributed by atoms with E-state index in [4.69, 9.17) is 4.74 Å². The van der Waals surface area contributed by atoms with E-state index in [0.717, 1.165) is 48.2 Å². The molecular weight excluding hydrogens is 427 g/mol. The van der Waals surface area contributed by atoms with E-state index in [-0.39, 0.29) is 17.0 Å². The molecule has 32 heavy (non-hydrogen) atoms. The molecule has 164 valence electrons. The van der Waals surface area contributed by atoms with Gasteiger partial charge in [0.15, 0.2) is 9.84 Å². The quantitative estimate of drug-likeness (QED) is 0.544. The summed E-state index contributed by atoms with van der Waals surface area (Å²) >= 11 is 0. The fraction of sp³-hybridized carbons (Fsp3) is 0.320. The van der Waals surface area contributed by atoms with Gasteiger partial charge >= 0.3 is 0 Å². The summed E-state index contributed by atoms with van der Waals surface area (Å²) in [6.07, 6.45) is 9.45. The molecule has 5 nitrogen and oxygen atoms in total. The van der Waals surface area contributed by atoms with Crippen LogP contribution in [0.15, 0.2) is 65.2 Å². The van der Waals surface area contributed by atoms with E-state index in [1.165, 1.54) is 24.0 Å². The largest absolute Gasteiger partial charge is 0.357 e. The molecule has 0 radical (unpaired) electrons. The zero-order valence-electron chi connectivity index (χ0n) is 17.7. The maximum Gasteiger partial charge on any atom is 0.175 e. The van der Waals surface area contributed by atoms with Crippen molar-refractivity contribution in [3.05, 3.63) is 82.9 Å². The van der Waals surface area contributed by atoms with E-state index in [9.17, 15) is 12.8 Å². The summed E-state index contributed by atoms with van der Waals surface area (Å²) in [6.45, 7) is 0. The Morgan fingerprint density at radius 1 is 1.16 bits per heavy atom. The van der Waals surface area contributed by atoms with Gasteiger partial charge in [0.25, 0.3) is 0 Å². The number of sulfone groups is 1. The minimum absolute atomic E-state index is 0.237. The number of rotatable bonds is 5. The molecule has 2 heterocycles. The molecule has 3 aliphatic rings. The molecule has 2 aliphatic carbocycles. The second kappa shape index (κ2) is 6.62. The third-order valence-electron chi connectivity index (χ3n) is 7.26. The Kier molecular flexibility index (Phi) is 4.11. The fourth-order valence-corrected chi connectivity index (χ4v) is 6.62. The van der Waals surface area contributed by atoms with Gasteiger partial charge in [0.2, 0.25) is 0 Å². The third-order valence-corrected chi connectivity index (χ3v) is 8.46. The van der Waals surface area contributed by atoms with Crippen molar-refractivity contribution in [2.45, 2.75) is 48.2 Å². The molecule has 3 aromatic rings. The van der Waals surface area contributed by atoms with E-state index in [2.05, 4.69) is 11.2 Å². The van der Waals surface area contributed by atoms with Gasteiger partial charge in [-0.1, -0.05) is 18.2 Å². The van der Waals surface area contributed by atoms with Gasteiger partial charge in [0.1, 0.15) is 17.0 Å². The van der Waals surface area contributed by atoms with Gasteiger partial charge in [-0.15, -0.1) is 0 Å². The first-order chi connectivity index (χ1) is 15.3. The van der Waals surface area contributed by atoms with Gasteiger partial charge in [-0.2, -0.15) is 5.10 Å². The first-order valence-electron chi connectivity index (χ1n) is 10.8. The normalized spacial score (nSPS) is 25.6. The standard InChI is InChI=1S/C25H23FN2O3S/c1-32(29,30)23-5-3-2-4-17(23)10-12-24-13-11-19-14-22-18(15-25(19,24)31-24)16-27-28(22)21-8-6-20(26)7-9-21/h2-9,14,16H,10-13,15H2,1H3/t24-,25?/m0/s1. The predicted molar refractivity (Wildman–Crippen MR) is 119 cm³/mol. The summed E-state index contributed by atoms with van der Waals surface area (Å²) in [5.74, 6) is -0.267. The molecule has 1 spiro atoms. The molecule has 1 aromatic heterocycles. The Morgan fingerprint density at radius 2 is 1.94 bits per heavy atom. The summed E-state index contributed by atoms with van der Waals surface area (Å²) in [7, 11) is -3.26. The maximum atomic E-state index is 13.3. The van der Waals surface area contributed by atoms with Gasteiger partial charge in [-0.3, -0.25) is 0 Å². The van der Waals surface area contributed by atoms with E-state index >= 15 is 0 Å². The highest BCUT2D eigenvalue weighted by atomic mass is 32.2. The summed E-state index contributed by atoms with van der Waals surface area (Å²) in [4.78, 5) is 0.409. The molecule has 1 saturated heterocycles. The molecule has 0 bridgehead atoms. The van der Waals surface area contributed by atoms with E-state index < -0.39 is 9.84 Å². The lowest BCUT2D eigenvalue weighted by Gasteiger charge is -2.20. The van der Waals surface area contributed by atoms with Crippen LogP contribution in [-0.2, 0) is 27.4 Å². The number of ether oxygens (including phenoxy) is 1. The van der Waals surface area contributed by atoms with Crippen molar-refractivity contribution >= 4 is 15.9 Å². The molecule has 1 saturated carbocycles. The Labute approximate surface area is 186 Å². The monoisotopic (exact) mass is 450 g/mol. The lowest BCUT2D eigenvalue weighted by Crippen LogP contribution is -2.27. The van der Waals surface area contributed by atoms with Crippen molar-refractivity contribution in [2.24, 2.45) is 0 Å². The number of fused-ring (bicyclic) bond motifs is 1. The minimum Gasteiger partial charge on any atom is -0.357 e. The number of epoxide rings is 1. The van der Waals surface area contributed by atoms with Crippen LogP contribution in [0.5, 0.6) is 0 Å². The number of halogens is 1. The van der Waals surface area contributed by atoms with Gasteiger partial charge in [-0.25, -0.2) is 17.5 Å². The van der Waals surface area contributed by atoms with Crippen molar-refractivity contribution in [2.75, 3.05) is 6.26 Å². The highest BCUT2D eigenvalue weighted by Gasteiger charge is 2.74. The lowest BCUT2D eigenvalue weighted by atomic mass is 9.81. The smallest absolute Gasteiger partial charge is 0.175 e. The van der Waals surface area contributed by atoms with Gasteiger partial charge in [0.05, 0.1) is 22.5 Å². The number of aromatic nitrogens is 2. The Balaban J connectivity index is 1.28. The highest BCUT2D eigenvalue weighted by molar-refractivity contribution is 7.90. The molecule has 6 rings (SSSR count). The maximum absolute atomic E-state index is 13.3. The number of aryl methyl sites for hydroxylation is 1. The van der Waals surface area contributed by atoms with Crippen LogP contribution in [0.3, 0.4) is 0 Å². The average Bonchev–Trinajstić information content (AvgIpc) is 3.04. The first kappa shape index (κ1) is 19.9. The van der Waals surface area contributed by atoms with Crippen LogP contribution in [0.4, 0.5) is 4.39 Å². The van der Waals surface area contributed by atoms with E-state index in [0.29, 0.717) is 11.3 Å². The van der Waals surface area contributed by atoms with E-state index in [1.807, 2.05) is 23.0 Å². The summed E-state index contributed by atoms with van der Waals surface area (Å²) in [6, 6.07) is 13.6. The number of hydrogen-bond acceptors (Lipinski definition) is 4. The molecule has 7 heteroatoms. The fourth-order valence-electron chi connectivity index (χ4n) is 5.65. The molecule has 1 aliphatic heterocycles. The third kappa shape index (κ3) is 2.84. The van der Waals surface area contributed by atoms with Crippen LogP contribution in [0.2, 0.25) is 0 Å². The zero-order chi connectivity index (χ0) is 22.1. The van der Waals surface area contributed by atoms with Crippen LogP contribution >= 0.6 is 0 Å². The SMILES string of the molecule is CS(=O)(=O)c1ccccc1CC[C@]12CCC3=Cc4c(cnn4-c4ccc(F)cc4)CC31O2. The molecule has 0 amide bonds. The van der Waals surface area contributed by atoms with Gasteiger partial charge in [-0.05, 0) is 73.2 Å². The average molecular weight is 451 g/mol. The van der Waals surface area contributed by atoms with Crippen molar-refractivity contribution in [1.82, 2.24) is 9.78 Å². The van der Waals surface area contributed by atoms with Crippen molar-refractivity contribution in [3.8, 4) is 5.69 Å². The number of benzene rings is 2. The summed E-state index contributed by atoms with van der Waals surface area (Å²) in [5.41, 5.74) is 4.59. The molecule has 0 N–H and O–H groups in total. The molecular formula is C25H23FN2O3S. The van der Waals surface area contributed by atoms with Gasteiger partial charge < -0.3 is 4.74 Å². The predicted octanol–water partition coefficient (Wildman–Crippen LogP) is 4.29. The molecule has 1 unspecified atom stereocenters. The zero-order valence-corrected chi connectivity index (χ0v) is 18.5. The molecule has 2 fully saturated rings. The highest BCUT2D eigenvalue weighted by Crippen LogP contribution is 2.67. The Hall–Kier alpha value is -2.77. The van der Waals surface area contributed by atoms with Crippen molar-refractivity contribution in [1.29, 1.82) is 0 Å². The van der Waals surface area contributed by atoms with E-state index in [1.54, 1.807) is 24.3 Å². The second-order valence-electron chi connectivity index (χ2n) is 9.09. The van der Waals surface area contributed by atoms with Crippen LogP contribution in [0.25, 0.3) is 11.8 Å². The van der Waals surface area contributed by atoms with Crippen LogP contribution in [0, 0.1) is 5.82 Å². The minimum atomic E-state index is -3.26. The topological polar surface area (TPSA) is 64.5 Å². The van der Waals surface area contributed by atoms with Crippen molar-refractivity contribution < 1.29 is 17.5 Å². The lowest BCUT2D eigenvalue weighted by molar-refractivity contribution is 0.234. The summed E-state index contributed by atoms with van der Waals surface area (Å²) < 4.78 is 46.0. The molecule has 2 aromatic carbocycles. The second-order valence-corrected chi connectivity index (χ2v) is 11.1. The number of hydrogen-bond donors (Lipinski definition) is 0. The van der Waals surface area contributed by atoms with Gasteiger partial charge in [0, 0.05) is 18.2 Å². The van der Waals surface area contributed by atoms with Crippen LogP contribution < -0.4 is 0 Å². The molecule has 2 atom stereocenters.